The molecule has 0 aromatic carbocycles. The SMILES string of the molecule is CCCCCCCCC(O)C(CCCCCCCC(=O)OCC)OC(=O)CCC(=O)O. The van der Waals surface area contributed by atoms with Crippen molar-refractivity contribution in [2.24, 2.45) is 0 Å². The quantitative estimate of drug-likeness (QED) is 0.186. The van der Waals surface area contributed by atoms with Crippen molar-refractivity contribution in [3.05, 3.63) is 0 Å². The third kappa shape index (κ3) is 18.8. The summed E-state index contributed by atoms with van der Waals surface area (Å²) in [6.07, 6.45) is 11.0. The van der Waals surface area contributed by atoms with Crippen molar-refractivity contribution in [3.8, 4) is 0 Å². The average molecular weight is 445 g/mol. The van der Waals surface area contributed by atoms with Gasteiger partial charge in [-0.2, -0.15) is 0 Å². The molecule has 0 spiro atoms. The number of unbranched alkanes of at least 4 members (excludes halogenated alkanes) is 9. The minimum atomic E-state index is -1.04. The summed E-state index contributed by atoms with van der Waals surface area (Å²) < 4.78 is 10.3. The van der Waals surface area contributed by atoms with Gasteiger partial charge in [0.1, 0.15) is 6.10 Å². The van der Waals surface area contributed by atoms with Crippen molar-refractivity contribution < 1.29 is 34.1 Å². The highest BCUT2D eigenvalue weighted by Gasteiger charge is 2.23. The summed E-state index contributed by atoms with van der Waals surface area (Å²) in [7, 11) is 0. The second kappa shape index (κ2) is 20.3. The largest absolute Gasteiger partial charge is 0.481 e. The second-order valence-electron chi connectivity index (χ2n) is 8.16. The number of carboxylic acid groups (broad SMARTS) is 1. The first-order chi connectivity index (χ1) is 14.9. The number of aliphatic hydroxyl groups is 1. The number of hydrogen-bond acceptors (Lipinski definition) is 6. The van der Waals surface area contributed by atoms with E-state index >= 15 is 0 Å². The summed E-state index contributed by atoms with van der Waals surface area (Å²) in [6.45, 7) is 4.38. The van der Waals surface area contributed by atoms with E-state index in [9.17, 15) is 19.5 Å². The molecule has 2 atom stereocenters. The van der Waals surface area contributed by atoms with Crippen LogP contribution in [-0.2, 0) is 23.9 Å². The van der Waals surface area contributed by atoms with E-state index in [0.29, 0.717) is 25.9 Å². The molecule has 0 aliphatic carbocycles. The molecule has 0 saturated heterocycles. The number of esters is 2. The van der Waals surface area contributed by atoms with Gasteiger partial charge in [0, 0.05) is 6.42 Å². The molecule has 2 unspecified atom stereocenters. The van der Waals surface area contributed by atoms with Crippen LogP contribution in [-0.4, -0.2) is 46.9 Å². The Hall–Kier alpha value is -1.63. The van der Waals surface area contributed by atoms with Crippen LogP contribution in [0.15, 0.2) is 0 Å². The van der Waals surface area contributed by atoms with E-state index in [2.05, 4.69) is 6.92 Å². The molecule has 2 N–H and O–H groups in total. The maximum Gasteiger partial charge on any atom is 0.306 e. The number of carbonyl (C=O) groups excluding carboxylic acids is 2. The number of rotatable bonds is 21. The van der Waals surface area contributed by atoms with Gasteiger partial charge in [0.15, 0.2) is 0 Å². The number of aliphatic hydroxyl groups excluding tert-OH is 1. The van der Waals surface area contributed by atoms with E-state index in [4.69, 9.17) is 14.6 Å². The van der Waals surface area contributed by atoms with E-state index in [-0.39, 0.29) is 18.8 Å². The topological polar surface area (TPSA) is 110 Å². The zero-order valence-electron chi connectivity index (χ0n) is 19.6. The van der Waals surface area contributed by atoms with Gasteiger partial charge in [-0.3, -0.25) is 14.4 Å². The van der Waals surface area contributed by atoms with Gasteiger partial charge in [0.25, 0.3) is 0 Å². The molecule has 0 aliphatic rings. The standard InChI is InChI=1S/C24H44O7/c1-3-5-6-7-9-12-15-20(25)21(31-24(29)19-18-22(26)27)16-13-10-8-11-14-17-23(28)30-4-2/h20-21,25H,3-19H2,1-2H3,(H,26,27). The minimum Gasteiger partial charge on any atom is -0.481 e. The Kier molecular flexibility index (Phi) is 19.2. The molecule has 7 heteroatoms. The Labute approximate surface area is 187 Å². The fourth-order valence-electron chi connectivity index (χ4n) is 3.46. The zero-order valence-corrected chi connectivity index (χ0v) is 19.6. The van der Waals surface area contributed by atoms with Gasteiger partial charge in [-0.05, 0) is 32.6 Å². The molecule has 7 nitrogen and oxygen atoms in total. The highest BCUT2D eigenvalue weighted by Crippen LogP contribution is 2.18. The van der Waals surface area contributed by atoms with Crippen molar-refractivity contribution in [1.82, 2.24) is 0 Å². The van der Waals surface area contributed by atoms with Crippen LogP contribution in [0.5, 0.6) is 0 Å². The molecule has 0 amide bonds. The predicted octanol–water partition coefficient (Wildman–Crippen LogP) is 5.17. The summed E-state index contributed by atoms with van der Waals surface area (Å²) in [6, 6.07) is 0. The summed E-state index contributed by atoms with van der Waals surface area (Å²) >= 11 is 0. The number of carbonyl (C=O) groups is 3. The van der Waals surface area contributed by atoms with Gasteiger partial charge in [0.05, 0.1) is 25.6 Å². The summed E-state index contributed by atoms with van der Waals surface area (Å²) in [4.78, 5) is 33.9. The Morgan fingerprint density at radius 3 is 1.90 bits per heavy atom. The normalized spacial score (nSPS) is 12.9. The molecule has 0 aromatic rings. The number of carboxylic acids is 1. The van der Waals surface area contributed by atoms with Crippen LogP contribution < -0.4 is 0 Å². The first kappa shape index (κ1) is 29.4. The second-order valence-corrected chi connectivity index (χ2v) is 8.16. The van der Waals surface area contributed by atoms with Crippen LogP contribution >= 0.6 is 0 Å². The van der Waals surface area contributed by atoms with Gasteiger partial charge in [-0.1, -0.05) is 64.7 Å². The highest BCUT2D eigenvalue weighted by molar-refractivity contribution is 5.76. The van der Waals surface area contributed by atoms with Gasteiger partial charge in [0.2, 0.25) is 0 Å². The molecule has 0 rings (SSSR count). The molecule has 0 fully saturated rings. The summed E-state index contributed by atoms with van der Waals surface area (Å²) in [5.74, 6) is -1.76. The van der Waals surface area contributed by atoms with Gasteiger partial charge in [-0.25, -0.2) is 0 Å². The first-order valence-electron chi connectivity index (χ1n) is 12.2. The van der Waals surface area contributed by atoms with Crippen molar-refractivity contribution >= 4 is 17.9 Å². The average Bonchev–Trinajstić information content (AvgIpc) is 2.73. The smallest absolute Gasteiger partial charge is 0.306 e. The van der Waals surface area contributed by atoms with Crippen molar-refractivity contribution in [2.75, 3.05) is 6.61 Å². The lowest BCUT2D eigenvalue weighted by Crippen LogP contribution is -2.31. The van der Waals surface area contributed by atoms with Crippen LogP contribution in [0, 0.1) is 0 Å². The minimum absolute atomic E-state index is 0.159. The Bertz CT molecular complexity index is 479. The van der Waals surface area contributed by atoms with E-state index < -0.39 is 24.1 Å². The number of ether oxygens (including phenoxy) is 2. The Morgan fingerprint density at radius 2 is 1.29 bits per heavy atom. The molecule has 0 heterocycles. The molecule has 0 radical (unpaired) electrons. The fraction of sp³-hybridized carbons (Fsp3) is 0.875. The van der Waals surface area contributed by atoms with Crippen LogP contribution in [0.4, 0.5) is 0 Å². The fourth-order valence-corrected chi connectivity index (χ4v) is 3.46. The van der Waals surface area contributed by atoms with E-state index in [1.165, 1.54) is 19.3 Å². The third-order valence-electron chi connectivity index (χ3n) is 5.28. The monoisotopic (exact) mass is 444 g/mol. The lowest BCUT2D eigenvalue weighted by atomic mass is 9.99. The molecule has 0 saturated carbocycles. The van der Waals surface area contributed by atoms with E-state index in [1.807, 2.05) is 0 Å². The maximum absolute atomic E-state index is 12.0. The number of hydrogen-bond donors (Lipinski definition) is 2. The molecule has 31 heavy (non-hydrogen) atoms. The number of aliphatic carboxylic acids is 1. The van der Waals surface area contributed by atoms with Crippen molar-refractivity contribution in [2.45, 2.75) is 129 Å². The molecule has 0 aliphatic heterocycles. The van der Waals surface area contributed by atoms with Crippen LogP contribution in [0.3, 0.4) is 0 Å². The molecular weight excluding hydrogens is 400 g/mol. The van der Waals surface area contributed by atoms with Crippen molar-refractivity contribution in [1.29, 1.82) is 0 Å². The van der Waals surface area contributed by atoms with Crippen LogP contribution in [0.1, 0.15) is 117 Å². The molecule has 0 bridgehead atoms. The summed E-state index contributed by atoms with van der Waals surface area (Å²) in [5.41, 5.74) is 0. The molecule has 182 valence electrons. The van der Waals surface area contributed by atoms with Crippen LogP contribution in [0.2, 0.25) is 0 Å². The van der Waals surface area contributed by atoms with E-state index in [0.717, 1.165) is 51.4 Å². The summed E-state index contributed by atoms with van der Waals surface area (Å²) in [5, 5.41) is 19.3. The predicted molar refractivity (Wildman–Crippen MR) is 120 cm³/mol. The first-order valence-corrected chi connectivity index (χ1v) is 12.2. The van der Waals surface area contributed by atoms with Crippen LogP contribution in [0.25, 0.3) is 0 Å². The maximum atomic E-state index is 12.0. The van der Waals surface area contributed by atoms with Gasteiger partial charge < -0.3 is 19.7 Å². The third-order valence-corrected chi connectivity index (χ3v) is 5.28. The van der Waals surface area contributed by atoms with Crippen molar-refractivity contribution in [3.63, 3.8) is 0 Å². The zero-order chi connectivity index (χ0) is 23.3. The Morgan fingerprint density at radius 1 is 0.710 bits per heavy atom. The lowest BCUT2D eigenvalue weighted by Gasteiger charge is -2.23. The van der Waals surface area contributed by atoms with Gasteiger partial charge >= 0.3 is 17.9 Å². The Balaban J connectivity index is 4.26. The van der Waals surface area contributed by atoms with E-state index in [1.54, 1.807) is 6.92 Å². The highest BCUT2D eigenvalue weighted by atomic mass is 16.6. The van der Waals surface area contributed by atoms with Gasteiger partial charge in [-0.15, -0.1) is 0 Å². The molecule has 0 aromatic heterocycles. The molecular formula is C24H44O7. The lowest BCUT2D eigenvalue weighted by molar-refractivity contribution is -0.158.